The molecular weight excluding hydrogens is 396 g/mol. The lowest BCUT2D eigenvalue weighted by Gasteiger charge is -2.21. The number of nitrogens with one attached hydrogen (secondary N) is 3. The van der Waals surface area contributed by atoms with E-state index >= 15 is 0 Å². The van der Waals surface area contributed by atoms with Gasteiger partial charge in [-0.3, -0.25) is 24.5 Å². The number of benzene rings is 2. The molecule has 166 valence electrons. The van der Waals surface area contributed by atoms with Crippen LogP contribution in [0.4, 0.5) is 11.4 Å². The van der Waals surface area contributed by atoms with Gasteiger partial charge in [-0.15, -0.1) is 0 Å². The average Bonchev–Trinajstić information content (AvgIpc) is 2.77. The largest absolute Gasteiger partial charge is 0.325 e. The van der Waals surface area contributed by atoms with Crippen LogP contribution >= 0.6 is 0 Å². The molecule has 0 unspecified atom stereocenters. The van der Waals surface area contributed by atoms with Crippen molar-refractivity contribution in [2.75, 3.05) is 30.3 Å². The number of carbonyl (C=O) groups is 3. The first-order chi connectivity index (χ1) is 15.1. The second-order valence-corrected chi connectivity index (χ2v) is 7.24. The number of hydrogen-bond donors (Lipinski definition) is 4. The molecule has 2 aromatic carbocycles. The third-order valence-corrected chi connectivity index (χ3v) is 4.60. The van der Waals surface area contributed by atoms with E-state index in [-0.39, 0.29) is 31.3 Å². The molecule has 0 fully saturated rings. The Morgan fingerprint density at radius 2 is 1.16 bits per heavy atom. The summed E-state index contributed by atoms with van der Waals surface area (Å²) in [6, 6.07) is 18.4. The number of hydroxylamine groups is 1. The first-order valence-electron chi connectivity index (χ1n) is 10.4. The second-order valence-electron chi connectivity index (χ2n) is 7.24. The van der Waals surface area contributed by atoms with Crippen molar-refractivity contribution in [3.63, 3.8) is 0 Å². The molecule has 8 heteroatoms. The quantitative estimate of drug-likeness (QED) is 0.224. The van der Waals surface area contributed by atoms with Gasteiger partial charge in [0.05, 0.1) is 13.1 Å². The van der Waals surface area contributed by atoms with E-state index in [1.54, 1.807) is 5.48 Å². The normalized spacial score (nSPS) is 10.5. The van der Waals surface area contributed by atoms with E-state index in [1.807, 2.05) is 65.6 Å². The standard InChI is InChI=1S/C23H30N4O4/c28-21(26-31)15-9-1-2-10-16-27(17-22(29)24-19-11-5-3-6-12-19)18-23(30)25-20-13-7-4-8-14-20/h3-8,11-14,31H,1-2,9-10,15-18H2,(H,24,29)(H,25,30)(H,26,28). The van der Waals surface area contributed by atoms with Crippen molar-refractivity contribution >= 4 is 29.1 Å². The molecule has 31 heavy (non-hydrogen) atoms. The summed E-state index contributed by atoms with van der Waals surface area (Å²) in [6.07, 6.45) is 3.43. The maximum Gasteiger partial charge on any atom is 0.243 e. The summed E-state index contributed by atoms with van der Waals surface area (Å²) in [5, 5.41) is 14.2. The van der Waals surface area contributed by atoms with Gasteiger partial charge in [-0.25, -0.2) is 5.48 Å². The first kappa shape index (κ1) is 24.0. The minimum atomic E-state index is -0.392. The van der Waals surface area contributed by atoms with E-state index < -0.39 is 5.91 Å². The minimum absolute atomic E-state index is 0.101. The first-order valence-corrected chi connectivity index (χ1v) is 10.4. The summed E-state index contributed by atoms with van der Waals surface area (Å²) in [4.78, 5) is 37.8. The SMILES string of the molecule is O=C(CCCCCCN(CC(=O)Nc1ccccc1)CC(=O)Nc1ccccc1)NO. The van der Waals surface area contributed by atoms with Crippen LogP contribution < -0.4 is 16.1 Å². The Bertz CT molecular complexity index is 759. The highest BCUT2D eigenvalue weighted by molar-refractivity contribution is 5.94. The molecule has 2 aromatic rings. The molecule has 0 aliphatic heterocycles. The van der Waals surface area contributed by atoms with Gasteiger partial charge in [0, 0.05) is 17.8 Å². The fourth-order valence-corrected chi connectivity index (χ4v) is 3.09. The van der Waals surface area contributed by atoms with Crippen molar-refractivity contribution in [2.24, 2.45) is 0 Å². The van der Waals surface area contributed by atoms with Crippen molar-refractivity contribution in [1.82, 2.24) is 10.4 Å². The van der Waals surface area contributed by atoms with Crippen LogP contribution in [0.1, 0.15) is 32.1 Å². The van der Waals surface area contributed by atoms with E-state index in [9.17, 15) is 14.4 Å². The highest BCUT2D eigenvalue weighted by atomic mass is 16.5. The summed E-state index contributed by atoms with van der Waals surface area (Å²) in [5.41, 5.74) is 3.04. The van der Waals surface area contributed by atoms with Crippen LogP contribution in [0, 0.1) is 0 Å². The number of carbonyl (C=O) groups excluding carboxylic acids is 3. The lowest BCUT2D eigenvalue weighted by atomic mass is 10.1. The van der Waals surface area contributed by atoms with Crippen molar-refractivity contribution in [3.05, 3.63) is 60.7 Å². The van der Waals surface area contributed by atoms with Crippen LogP contribution in [0.5, 0.6) is 0 Å². The average molecular weight is 427 g/mol. The van der Waals surface area contributed by atoms with Gasteiger partial charge in [-0.1, -0.05) is 49.2 Å². The van der Waals surface area contributed by atoms with Crippen molar-refractivity contribution in [1.29, 1.82) is 0 Å². The number of hydrogen-bond acceptors (Lipinski definition) is 5. The molecule has 4 N–H and O–H groups in total. The Balaban J connectivity index is 1.83. The Morgan fingerprint density at radius 3 is 1.65 bits per heavy atom. The molecule has 0 spiro atoms. The smallest absolute Gasteiger partial charge is 0.243 e. The number of para-hydroxylation sites is 2. The van der Waals surface area contributed by atoms with Crippen LogP contribution in [0.2, 0.25) is 0 Å². The van der Waals surface area contributed by atoms with E-state index in [0.29, 0.717) is 24.3 Å². The van der Waals surface area contributed by atoms with E-state index in [4.69, 9.17) is 5.21 Å². The number of amides is 3. The third-order valence-electron chi connectivity index (χ3n) is 4.60. The zero-order valence-electron chi connectivity index (χ0n) is 17.5. The zero-order valence-corrected chi connectivity index (χ0v) is 17.5. The van der Waals surface area contributed by atoms with E-state index in [1.165, 1.54) is 0 Å². The number of nitrogens with zero attached hydrogens (tertiary/aromatic N) is 1. The van der Waals surface area contributed by atoms with Gasteiger partial charge in [-0.2, -0.15) is 0 Å². The van der Waals surface area contributed by atoms with Crippen LogP contribution in [0.3, 0.4) is 0 Å². The van der Waals surface area contributed by atoms with Crippen LogP contribution in [-0.2, 0) is 14.4 Å². The van der Waals surface area contributed by atoms with Gasteiger partial charge in [-0.05, 0) is 43.7 Å². The Kier molecular flexibility index (Phi) is 10.8. The summed E-state index contributed by atoms with van der Waals surface area (Å²) < 4.78 is 0. The van der Waals surface area contributed by atoms with E-state index in [0.717, 1.165) is 19.3 Å². The predicted molar refractivity (Wildman–Crippen MR) is 120 cm³/mol. The zero-order chi connectivity index (χ0) is 22.3. The van der Waals surface area contributed by atoms with Gasteiger partial charge in [0.2, 0.25) is 17.7 Å². The molecule has 0 saturated heterocycles. The Labute approximate surface area is 182 Å². The van der Waals surface area contributed by atoms with Gasteiger partial charge in [0.25, 0.3) is 0 Å². The highest BCUT2D eigenvalue weighted by Gasteiger charge is 2.15. The monoisotopic (exact) mass is 426 g/mol. The van der Waals surface area contributed by atoms with E-state index in [2.05, 4.69) is 10.6 Å². The van der Waals surface area contributed by atoms with Crippen LogP contribution in [-0.4, -0.2) is 47.5 Å². The molecule has 0 atom stereocenters. The van der Waals surface area contributed by atoms with Gasteiger partial charge >= 0.3 is 0 Å². The molecule has 0 radical (unpaired) electrons. The fourth-order valence-electron chi connectivity index (χ4n) is 3.09. The molecule has 0 saturated carbocycles. The lowest BCUT2D eigenvalue weighted by Crippen LogP contribution is -2.39. The molecule has 3 amide bonds. The molecule has 0 aliphatic rings. The van der Waals surface area contributed by atoms with Crippen LogP contribution in [0.15, 0.2) is 60.7 Å². The lowest BCUT2D eigenvalue weighted by molar-refractivity contribution is -0.129. The number of anilines is 2. The Morgan fingerprint density at radius 1 is 0.677 bits per heavy atom. The van der Waals surface area contributed by atoms with Crippen molar-refractivity contribution < 1.29 is 19.6 Å². The Hall–Kier alpha value is -3.23. The molecule has 0 aromatic heterocycles. The predicted octanol–water partition coefficient (Wildman–Crippen LogP) is 3.02. The number of unbranched alkanes of at least 4 members (excludes halogenated alkanes) is 3. The summed E-state index contributed by atoms with van der Waals surface area (Å²) in [6.45, 7) is 0.782. The number of rotatable bonds is 13. The second kappa shape index (κ2) is 13.9. The van der Waals surface area contributed by atoms with Crippen molar-refractivity contribution in [3.8, 4) is 0 Å². The molecule has 8 nitrogen and oxygen atoms in total. The third kappa shape index (κ3) is 10.4. The molecule has 2 rings (SSSR count). The molecule has 0 bridgehead atoms. The summed E-state index contributed by atoms with van der Waals surface area (Å²) in [5.74, 6) is -0.756. The molecule has 0 heterocycles. The topological polar surface area (TPSA) is 111 Å². The molecular formula is C23H30N4O4. The maximum atomic E-state index is 12.5. The van der Waals surface area contributed by atoms with Gasteiger partial charge in [0.1, 0.15) is 0 Å². The summed E-state index contributed by atoms with van der Waals surface area (Å²) >= 11 is 0. The maximum absolute atomic E-state index is 12.5. The van der Waals surface area contributed by atoms with Crippen LogP contribution in [0.25, 0.3) is 0 Å². The van der Waals surface area contributed by atoms with Crippen molar-refractivity contribution in [2.45, 2.75) is 32.1 Å². The van der Waals surface area contributed by atoms with Gasteiger partial charge in [0.15, 0.2) is 0 Å². The molecule has 0 aliphatic carbocycles. The summed E-state index contributed by atoms with van der Waals surface area (Å²) in [7, 11) is 0. The fraction of sp³-hybridized carbons (Fsp3) is 0.348. The highest BCUT2D eigenvalue weighted by Crippen LogP contribution is 2.09. The van der Waals surface area contributed by atoms with Gasteiger partial charge < -0.3 is 10.6 Å². The minimum Gasteiger partial charge on any atom is -0.325 e.